The van der Waals surface area contributed by atoms with Crippen LogP contribution >= 0.6 is 0 Å². The summed E-state index contributed by atoms with van der Waals surface area (Å²) in [6.07, 6.45) is 1.96. The van der Waals surface area contributed by atoms with Gasteiger partial charge in [0.25, 0.3) is 0 Å². The summed E-state index contributed by atoms with van der Waals surface area (Å²) in [6.45, 7) is 3.12. The van der Waals surface area contributed by atoms with E-state index in [1.54, 1.807) is 12.1 Å². The Hall–Kier alpha value is -2.65. The Morgan fingerprint density at radius 2 is 1.72 bits per heavy atom. The van der Waals surface area contributed by atoms with Gasteiger partial charge in [0.15, 0.2) is 0 Å². The molecule has 0 amide bonds. The Morgan fingerprint density at radius 1 is 1.00 bits per heavy atom. The van der Waals surface area contributed by atoms with Crippen molar-refractivity contribution in [3.63, 3.8) is 0 Å². The number of carboxylic acids is 1. The van der Waals surface area contributed by atoms with Crippen molar-refractivity contribution in [3.8, 4) is 0 Å². The summed E-state index contributed by atoms with van der Waals surface area (Å²) in [5.41, 5.74) is 2.83. The van der Waals surface area contributed by atoms with E-state index in [1.807, 2.05) is 12.1 Å². The smallest absolute Gasteiger partial charge is 0.335 e. The van der Waals surface area contributed by atoms with Gasteiger partial charge in [-0.1, -0.05) is 54.6 Å². The molecule has 0 aliphatic heterocycles. The maximum atomic E-state index is 10.9. The van der Waals surface area contributed by atoms with Crippen molar-refractivity contribution in [1.29, 1.82) is 0 Å². The third kappa shape index (κ3) is 4.25. The molecule has 2 N–H and O–H groups in total. The average Bonchev–Trinajstić information content (AvgIpc) is 2.65. The molecule has 0 saturated heterocycles. The van der Waals surface area contributed by atoms with E-state index in [9.17, 15) is 4.79 Å². The lowest BCUT2D eigenvalue weighted by molar-refractivity contribution is 0.0697. The summed E-state index contributed by atoms with van der Waals surface area (Å²) in [4.78, 5) is 10.9. The van der Waals surface area contributed by atoms with Crippen LogP contribution in [0.3, 0.4) is 0 Å². The Labute approximate surface area is 148 Å². The van der Waals surface area contributed by atoms with Crippen LogP contribution in [0.4, 0.5) is 0 Å². The number of carboxylic acid groups (broad SMARTS) is 1. The van der Waals surface area contributed by atoms with E-state index in [4.69, 9.17) is 5.11 Å². The fraction of sp³-hybridized carbons (Fsp3) is 0.227. The van der Waals surface area contributed by atoms with Gasteiger partial charge >= 0.3 is 5.97 Å². The maximum Gasteiger partial charge on any atom is 0.335 e. The number of hydrogen-bond acceptors (Lipinski definition) is 2. The Kier molecular flexibility index (Phi) is 5.46. The Bertz CT molecular complexity index is 850. The SMILES string of the molecule is CC(NCCCc1ccc(C(=O)O)cc1)c1cccc2ccccc12. The minimum Gasteiger partial charge on any atom is -0.478 e. The zero-order valence-corrected chi connectivity index (χ0v) is 14.4. The van der Waals surface area contributed by atoms with Crippen molar-refractivity contribution in [3.05, 3.63) is 83.4 Å². The molecule has 3 nitrogen and oxygen atoms in total. The third-order valence-electron chi connectivity index (χ3n) is 4.58. The molecule has 0 aromatic heterocycles. The van der Waals surface area contributed by atoms with Gasteiger partial charge in [0.1, 0.15) is 0 Å². The van der Waals surface area contributed by atoms with Crippen molar-refractivity contribution >= 4 is 16.7 Å². The molecule has 3 aromatic rings. The fourth-order valence-electron chi connectivity index (χ4n) is 3.16. The van der Waals surface area contributed by atoms with Gasteiger partial charge in [-0.2, -0.15) is 0 Å². The van der Waals surface area contributed by atoms with Crippen LogP contribution in [0.5, 0.6) is 0 Å². The molecule has 0 saturated carbocycles. The minimum atomic E-state index is -0.878. The number of carbonyl (C=O) groups is 1. The number of rotatable bonds is 7. The van der Waals surface area contributed by atoms with E-state index in [0.29, 0.717) is 11.6 Å². The minimum absolute atomic E-state index is 0.292. The molecule has 0 radical (unpaired) electrons. The van der Waals surface area contributed by atoms with Crippen LogP contribution in [0.2, 0.25) is 0 Å². The number of hydrogen-bond donors (Lipinski definition) is 2. The van der Waals surface area contributed by atoms with Gasteiger partial charge in [-0.15, -0.1) is 0 Å². The van der Waals surface area contributed by atoms with E-state index in [2.05, 4.69) is 54.7 Å². The number of benzene rings is 3. The summed E-state index contributed by atoms with van der Waals surface area (Å²) in [7, 11) is 0. The second-order valence-corrected chi connectivity index (χ2v) is 6.35. The van der Waals surface area contributed by atoms with E-state index in [0.717, 1.165) is 19.4 Å². The van der Waals surface area contributed by atoms with Gasteiger partial charge in [0.05, 0.1) is 5.56 Å². The lowest BCUT2D eigenvalue weighted by Gasteiger charge is -2.16. The molecule has 0 spiro atoms. The summed E-state index contributed by atoms with van der Waals surface area (Å²) in [5, 5.41) is 15.1. The van der Waals surface area contributed by atoms with Crippen molar-refractivity contribution in [1.82, 2.24) is 5.32 Å². The second-order valence-electron chi connectivity index (χ2n) is 6.35. The van der Waals surface area contributed by atoms with E-state index >= 15 is 0 Å². The first kappa shape index (κ1) is 17.2. The Morgan fingerprint density at radius 3 is 2.48 bits per heavy atom. The molecule has 0 heterocycles. The predicted molar refractivity (Wildman–Crippen MR) is 102 cm³/mol. The predicted octanol–water partition coefficient (Wildman–Crippen LogP) is 4.82. The first-order valence-corrected chi connectivity index (χ1v) is 8.68. The zero-order valence-electron chi connectivity index (χ0n) is 14.4. The zero-order chi connectivity index (χ0) is 17.6. The average molecular weight is 333 g/mol. The van der Waals surface area contributed by atoms with Crippen LogP contribution in [0.15, 0.2) is 66.7 Å². The third-order valence-corrected chi connectivity index (χ3v) is 4.58. The highest BCUT2D eigenvalue weighted by atomic mass is 16.4. The van der Waals surface area contributed by atoms with Crippen molar-refractivity contribution in [2.75, 3.05) is 6.54 Å². The molecular formula is C22H23NO2. The lowest BCUT2D eigenvalue weighted by Crippen LogP contribution is -2.20. The highest BCUT2D eigenvalue weighted by Gasteiger charge is 2.08. The van der Waals surface area contributed by atoms with Crippen LogP contribution in [-0.2, 0) is 6.42 Å². The fourth-order valence-corrected chi connectivity index (χ4v) is 3.16. The van der Waals surface area contributed by atoms with Crippen molar-refractivity contribution in [2.24, 2.45) is 0 Å². The van der Waals surface area contributed by atoms with Crippen LogP contribution in [-0.4, -0.2) is 17.6 Å². The summed E-state index contributed by atoms with van der Waals surface area (Å²) in [5.74, 6) is -0.878. The first-order chi connectivity index (χ1) is 12.1. The Balaban J connectivity index is 1.54. The monoisotopic (exact) mass is 333 g/mol. The second kappa shape index (κ2) is 7.95. The van der Waals surface area contributed by atoms with E-state index < -0.39 is 5.97 Å². The van der Waals surface area contributed by atoms with Crippen LogP contribution in [0.25, 0.3) is 10.8 Å². The topological polar surface area (TPSA) is 49.3 Å². The summed E-state index contributed by atoms with van der Waals surface area (Å²) < 4.78 is 0. The van der Waals surface area contributed by atoms with Gasteiger partial charge in [-0.05, 0) is 60.3 Å². The number of aryl methyl sites for hydroxylation is 1. The highest BCUT2D eigenvalue weighted by Crippen LogP contribution is 2.24. The number of aromatic carboxylic acids is 1. The molecule has 3 aromatic carbocycles. The molecule has 1 atom stereocenters. The van der Waals surface area contributed by atoms with Gasteiger partial charge in [0, 0.05) is 6.04 Å². The molecule has 1 unspecified atom stereocenters. The molecule has 0 bridgehead atoms. The quantitative estimate of drug-likeness (QED) is 0.609. The molecule has 128 valence electrons. The van der Waals surface area contributed by atoms with Gasteiger partial charge in [0.2, 0.25) is 0 Å². The molecule has 3 rings (SSSR count). The van der Waals surface area contributed by atoms with E-state index in [1.165, 1.54) is 21.9 Å². The van der Waals surface area contributed by atoms with Crippen LogP contribution in [0, 0.1) is 0 Å². The molecule has 0 fully saturated rings. The van der Waals surface area contributed by atoms with Crippen molar-refractivity contribution in [2.45, 2.75) is 25.8 Å². The summed E-state index contributed by atoms with van der Waals surface area (Å²) in [6, 6.07) is 22.3. The van der Waals surface area contributed by atoms with Gasteiger partial charge in [-0.25, -0.2) is 4.79 Å². The standard InChI is InChI=1S/C22H23NO2/c1-16(20-10-4-8-18-7-2-3-9-21(18)20)23-15-5-6-17-11-13-19(14-12-17)22(24)25/h2-4,7-14,16,23H,5-6,15H2,1H3,(H,24,25). The van der Waals surface area contributed by atoms with Crippen LogP contribution < -0.4 is 5.32 Å². The van der Waals surface area contributed by atoms with E-state index in [-0.39, 0.29) is 0 Å². The maximum absolute atomic E-state index is 10.9. The number of nitrogens with one attached hydrogen (secondary N) is 1. The molecule has 25 heavy (non-hydrogen) atoms. The lowest BCUT2D eigenvalue weighted by atomic mass is 9.99. The number of fused-ring (bicyclic) bond motifs is 1. The van der Waals surface area contributed by atoms with Gasteiger partial charge in [-0.3, -0.25) is 0 Å². The molecule has 0 aliphatic rings. The van der Waals surface area contributed by atoms with Gasteiger partial charge < -0.3 is 10.4 Å². The highest BCUT2D eigenvalue weighted by molar-refractivity contribution is 5.87. The normalized spacial score (nSPS) is 12.2. The van der Waals surface area contributed by atoms with Crippen molar-refractivity contribution < 1.29 is 9.90 Å². The van der Waals surface area contributed by atoms with Crippen LogP contribution in [0.1, 0.15) is 40.9 Å². The molecule has 0 aliphatic carbocycles. The first-order valence-electron chi connectivity index (χ1n) is 8.68. The molecular weight excluding hydrogens is 310 g/mol. The molecule has 3 heteroatoms. The largest absolute Gasteiger partial charge is 0.478 e. The summed E-state index contributed by atoms with van der Waals surface area (Å²) >= 11 is 0.